The second-order valence-electron chi connectivity index (χ2n) is 2.37. The summed E-state index contributed by atoms with van der Waals surface area (Å²) in [4.78, 5) is 0. The van der Waals surface area contributed by atoms with E-state index in [2.05, 4.69) is 45.2 Å². The molecule has 0 radical (unpaired) electrons. The second kappa shape index (κ2) is 3.30. The van der Waals surface area contributed by atoms with E-state index >= 15 is 0 Å². The highest BCUT2D eigenvalue weighted by atomic mass is 127. The molecule has 0 aliphatic carbocycles. The molecule has 0 spiro atoms. The van der Waals surface area contributed by atoms with Crippen LogP contribution in [-0.2, 0) is 0 Å². The predicted molar refractivity (Wildman–Crippen MR) is 68.9 cm³/mol. The lowest BCUT2D eigenvalue weighted by molar-refractivity contribution is 0.476. The van der Waals surface area contributed by atoms with Gasteiger partial charge < -0.3 is 5.11 Å². The van der Waals surface area contributed by atoms with Gasteiger partial charge in [-0.2, -0.15) is 0 Å². The molecule has 0 aliphatic heterocycles. The number of benzene rings is 1. The molecule has 0 saturated carbocycles. The largest absolute Gasteiger partial charge is 0.508 e. The van der Waals surface area contributed by atoms with E-state index in [0.717, 1.165) is 4.70 Å². The minimum absolute atomic E-state index is 0.344. The maximum Gasteiger partial charge on any atom is 0.117 e. The highest BCUT2D eigenvalue weighted by Crippen LogP contribution is 2.34. The fraction of sp³-hybridized carbons (Fsp3) is 0. The maximum absolute atomic E-state index is 9.23. The van der Waals surface area contributed by atoms with Crippen LogP contribution in [0.15, 0.2) is 18.2 Å². The fourth-order valence-electron chi connectivity index (χ4n) is 1.02. The zero-order valence-corrected chi connectivity index (χ0v) is 11.0. The predicted octanol–water partition coefficient (Wildman–Crippen LogP) is 3.82. The summed E-state index contributed by atoms with van der Waals surface area (Å²) in [6.45, 7) is 0. The molecule has 2 rings (SSSR count). The van der Waals surface area contributed by atoms with E-state index in [1.807, 2.05) is 12.1 Å². The molecule has 62 valence electrons. The van der Waals surface area contributed by atoms with Crippen LogP contribution in [0, 0.1) is 6.45 Å². The topological polar surface area (TPSA) is 20.2 Å². The van der Waals surface area contributed by atoms with Crippen molar-refractivity contribution in [2.24, 2.45) is 0 Å². The van der Waals surface area contributed by atoms with E-state index in [4.69, 9.17) is 0 Å². The van der Waals surface area contributed by atoms with Crippen LogP contribution < -0.4 is 0 Å². The number of halogens is 2. The Balaban J connectivity index is 2.87. The minimum Gasteiger partial charge on any atom is -0.508 e. The van der Waals surface area contributed by atoms with E-state index in [0.29, 0.717) is 5.75 Å². The molecule has 1 heterocycles. The van der Waals surface area contributed by atoms with Gasteiger partial charge in [0.25, 0.3) is 0 Å². The summed E-state index contributed by atoms with van der Waals surface area (Å²) in [5.74, 6) is 0.344. The first kappa shape index (κ1) is 9.01. The highest BCUT2D eigenvalue weighted by Gasteiger charge is 2.06. The van der Waals surface area contributed by atoms with Crippen LogP contribution in [-0.4, -0.2) is 5.11 Å². The third kappa shape index (κ3) is 1.44. The van der Waals surface area contributed by atoms with Gasteiger partial charge in [-0.3, -0.25) is 0 Å². The monoisotopic (exact) mass is 402 g/mol. The minimum atomic E-state index is 0.344. The Morgan fingerprint density at radius 1 is 1.25 bits per heavy atom. The van der Waals surface area contributed by atoms with Crippen LogP contribution in [0.3, 0.4) is 0 Å². The first-order valence-electron chi connectivity index (χ1n) is 3.25. The van der Waals surface area contributed by atoms with Crippen molar-refractivity contribution < 1.29 is 5.11 Å². The van der Waals surface area contributed by atoms with Crippen molar-refractivity contribution >= 4 is 66.6 Å². The average molecular weight is 402 g/mol. The molecule has 4 heteroatoms. The number of rotatable bonds is 0. The number of hydrogen-bond donors (Lipinski definition) is 1. The van der Waals surface area contributed by atoms with E-state index in [-0.39, 0.29) is 0 Å². The van der Waals surface area contributed by atoms with Gasteiger partial charge in [-0.15, -0.1) is 11.3 Å². The maximum atomic E-state index is 9.23. The number of aromatic hydroxyl groups is 1. The molecular formula is C8H4I2OS. The average Bonchev–Trinajstić information content (AvgIpc) is 2.28. The van der Waals surface area contributed by atoms with Gasteiger partial charge in [-0.05, 0) is 63.4 Å². The summed E-state index contributed by atoms with van der Waals surface area (Å²) in [6.07, 6.45) is 0. The quantitative estimate of drug-likeness (QED) is 0.665. The number of phenolic OH excluding ortho intramolecular Hbond substituents is 1. The molecular weight excluding hydrogens is 398 g/mol. The van der Waals surface area contributed by atoms with Crippen LogP contribution in [0.4, 0.5) is 0 Å². The van der Waals surface area contributed by atoms with Gasteiger partial charge in [0.15, 0.2) is 0 Å². The summed E-state index contributed by atoms with van der Waals surface area (Å²) in [5, 5.41) is 10.5. The lowest BCUT2D eigenvalue weighted by Crippen LogP contribution is -1.68. The SMILES string of the molecule is Oc1ccc2c(I)c(I)sc2c1. The van der Waals surface area contributed by atoms with Crippen molar-refractivity contribution in [3.63, 3.8) is 0 Å². The summed E-state index contributed by atoms with van der Waals surface area (Å²) < 4.78 is 3.73. The van der Waals surface area contributed by atoms with Crippen molar-refractivity contribution in [1.82, 2.24) is 0 Å². The molecule has 2 aromatic rings. The van der Waals surface area contributed by atoms with Crippen LogP contribution >= 0.6 is 56.5 Å². The van der Waals surface area contributed by atoms with Gasteiger partial charge in [0.1, 0.15) is 5.75 Å². The van der Waals surface area contributed by atoms with Crippen molar-refractivity contribution in [3.8, 4) is 5.75 Å². The number of thiophene rings is 1. The van der Waals surface area contributed by atoms with Crippen molar-refractivity contribution in [3.05, 3.63) is 24.7 Å². The summed E-state index contributed by atoms with van der Waals surface area (Å²) in [5.41, 5.74) is 0. The van der Waals surface area contributed by atoms with Crippen molar-refractivity contribution in [2.75, 3.05) is 0 Å². The summed E-state index contributed by atoms with van der Waals surface area (Å²) in [7, 11) is 0. The zero-order chi connectivity index (χ0) is 8.72. The number of fused-ring (bicyclic) bond motifs is 1. The van der Waals surface area contributed by atoms with Gasteiger partial charge in [0.2, 0.25) is 0 Å². The van der Waals surface area contributed by atoms with E-state index < -0.39 is 0 Å². The smallest absolute Gasteiger partial charge is 0.117 e. The van der Waals surface area contributed by atoms with Gasteiger partial charge >= 0.3 is 0 Å². The van der Waals surface area contributed by atoms with Crippen LogP contribution in [0.1, 0.15) is 0 Å². The molecule has 0 bridgehead atoms. The standard InChI is InChI=1S/C8H4I2OS/c9-7-5-2-1-4(11)3-6(5)12-8(7)10/h1-3,11H. The Kier molecular flexibility index (Phi) is 2.48. The molecule has 1 aromatic heterocycles. The molecule has 0 atom stereocenters. The van der Waals surface area contributed by atoms with Gasteiger partial charge in [-0.25, -0.2) is 0 Å². The van der Waals surface area contributed by atoms with Crippen LogP contribution in [0.2, 0.25) is 0 Å². The fourth-order valence-corrected chi connectivity index (χ4v) is 3.86. The summed E-state index contributed by atoms with van der Waals surface area (Å²) >= 11 is 6.36. The third-order valence-electron chi connectivity index (χ3n) is 1.57. The lowest BCUT2D eigenvalue weighted by atomic mass is 10.2. The molecule has 1 aromatic carbocycles. The van der Waals surface area contributed by atoms with Gasteiger partial charge in [0, 0.05) is 13.7 Å². The first-order chi connectivity index (χ1) is 5.68. The first-order valence-corrected chi connectivity index (χ1v) is 6.22. The van der Waals surface area contributed by atoms with Gasteiger partial charge in [-0.1, -0.05) is 0 Å². The van der Waals surface area contributed by atoms with E-state index in [1.54, 1.807) is 17.4 Å². The van der Waals surface area contributed by atoms with E-state index in [1.165, 1.54) is 11.8 Å². The molecule has 0 aliphatic rings. The normalized spacial score (nSPS) is 10.8. The molecule has 0 amide bonds. The van der Waals surface area contributed by atoms with E-state index in [9.17, 15) is 5.11 Å². The molecule has 0 unspecified atom stereocenters. The zero-order valence-electron chi connectivity index (χ0n) is 5.84. The molecule has 0 fully saturated rings. The van der Waals surface area contributed by atoms with Crippen LogP contribution in [0.25, 0.3) is 10.1 Å². The second-order valence-corrected chi connectivity index (χ2v) is 6.31. The summed E-state index contributed by atoms with van der Waals surface area (Å²) in [6, 6.07) is 5.50. The Morgan fingerprint density at radius 2 is 2.00 bits per heavy atom. The molecule has 0 saturated heterocycles. The highest BCUT2D eigenvalue weighted by molar-refractivity contribution is 14.1. The van der Waals surface area contributed by atoms with Crippen molar-refractivity contribution in [2.45, 2.75) is 0 Å². The Hall–Kier alpha value is 0.440. The Morgan fingerprint density at radius 3 is 2.75 bits per heavy atom. The van der Waals surface area contributed by atoms with Crippen molar-refractivity contribution in [1.29, 1.82) is 0 Å². The molecule has 1 nitrogen and oxygen atoms in total. The molecule has 1 N–H and O–H groups in total. The molecule has 12 heavy (non-hydrogen) atoms. The Labute approximate surface area is 101 Å². The number of phenols is 1. The third-order valence-corrected chi connectivity index (χ3v) is 6.23. The van der Waals surface area contributed by atoms with Gasteiger partial charge in [0.05, 0.1) is 2.88 Å². The Bertz CT molecular complexity index is 436. The lowest BCUT2D eigenvalue weighted by Gasteiger charge is -1.91. The number of hydrogen-bond acceptors (Lipinski definition) is 2. The van der Waals surface area contributed by atoms with Crippen LogP contribution in [0.5, 0.6) is 5.75 Å².